The van der Waals surface area contributed by atoms with E-state index in [9.17, 15) is 0 Å². The maximum Gasteiger partial charge on any atom is 0.0626 e. The molecule has 0 radical (unpaired) electrons. The van der Waals surface area contributed by atoms with Gasteiger partial charge in [-0.3, -0.25) is 4.98 Å². The van der Waals surface area contributed by atoms with E-state index in [1.165, 1.54) is 5.56 Å². The van der Waals surface area contributed by atoms with Crippen LogP contribution >= 0.6 is 0 Å². The van der Waals surface area contributed by atoms with Crippen LogP contribution in [0.1, 0.15) is 24.2 Å². The lowest BCUT2D eigenvalue weighted by Gasteiger charge is -2.31. The van der Waals surface area contributed by atoms with Crippen LogP contribution in [0.3, 0.4) is 0 Å². The number of hydrogen-bond donors (Lipinski definition) is 1. The molecular formula is C19H25N3. The smallest absolute Gasteiger partial charge is 0.0626 e. The highest BCUT2D eigenvalue weighted by atomic mass is 15.1. The summed E-state index contributed by atoms with van der Waals surface area (Å²) in [5, 5.41) is 3.58. The van der Waals surface area contributed by atoms with Gasteiger partial charge in [0.1, 0.15) is 0 Å². The van der Waals surface area contributed by atoms with Crippen LogP contribution in [0.2, 0.25) is 0 Å². The van der Waals surface area contributed by atoms with E-state index >= 15 is 0 Å². The number of benzene rings is 1. The zero-order valence-corrected chi connectivity index (χ0v) is 13.6. The van der Waals surface area contributed by atoms with Crippen LogP contribution in [0, 0.1) is 0 Å². The highest BCUT2D eigenvalue weighted by molar-refractivity contribution is 5.43. The van der Waals surface area contributed by atoms with Gasteiger partial charge in [-0.05, 0) is 44.8 Å². The van der Waals surface area contributed by atoms with Gasteiger partial charge in [-0.2, -0.15) is 0 Å². The lowest BCUT2D eigenvalue weighted by molar-refractivity contribution is 0.244. The van der Waals surface area contributed by atoms with Gasteiger partial charge in [-0.1, -0.05) is 42.5 Å². The average molecular weight is 295 g/mol. The van der Waals surface area contributed by atoms with Gasteiger partial charge in [0.05, 0.1) is 5.69 Å². The first-order valence-electron chi connectivity index (χ1n) is 7.71. The maximum atomic E-state index is 4.28. The van der Waals surface area contributed by atoms with Crippen molar-refractivity contribution in [2.24, 2.45) is 0 Å². The molecule has 0 aliphatic rings. The second kappa shape index (κ2) is 8.47. The van der Waals surface area contributed by atoms with Crippen molar-refractivity contribution in [2.45, 2.75) is 19.0 Å². The third-order valence-corrected chi connectivity index (χ3v) is 3.71. The first-order valence-corrected chi connectivity index (χ1v) is 7.71. The second-order valence-corrected chi connectivity index (χ2v) is 5.67. The van der Waals surface area contributed by atoms with E-state index in [-0.39, 0.29) is 0 Å². The molecule has 0 bridgehead atoms. The molecule has 2 aromatic rings. The number of hydrogen-bond acceptors (Lipinski definition) is 3. The zero-order valence-electron chi connectivity index (χ0n) is 13.6. The van der Waals surface area contributed by atoms with Gasteiger partial charge >= 0.3 is 0 Å². The Hall–Kier alpha value is -1.97. The van der Waals surface area contributed by atoms with Gasteiger partial charge in [0.15, 0.2) is 0 Å². The van der Waals surface area contributed by atoms with E-state index in [1.807, 2.05) is 30.5 Å². The second-order valence-electron chi connectivity index (χ2n) is 5.67. The number of likely N-dealkylation sites (N-methyl/N-ethyl adjacent to an activating group) is 1. The minimum Gasteiger partial charge on any atom is -0.309 e. The molecule has 2 unspecified atom stereocenters. The molecule has 0 amide bonds. The zero-order chi connectivity index (χ0) is 15.8. The van der Waals surface area contributed by atoms with Crippen LogP contribution < -0.4 is 5.32 Å². The number of nitrogens with one attached hydrogen (secondary N) is 1. The van der Waals surface area contributed by atoms with Crippen LogP contribution in [0.15, 0.2) is 60.8 Å². The molecule has 2 atom stereocenters. The lowest BCUT2D eigenvalue weighted by atomic mass is 9.99. The maximum absolute atomic E-state index is 4.28. The lowest BCUT2D eigenvalue weighted by Crippen LogP contribution is -2.39. The Morgan fingerprint density at radius 2 is 1.82 bits per heavy atom. The summed E-state index contributed by atoms with van der Waals surface area (Å²) in [6, 6.07) is 17.3. The molecule has 116 valence electrons. The SMILES string of the molecule is CC(NCC=Cc1ccccn1)C(c1ccccc1)N(C)C. The molecule has 1 heterocycles. The van der Waals surface area contributed by atoms with Gasteiger partial charge < -0.3 is 10.2 Å². The van der Waals surface area contributed by atoms with Crippen LogP contribution in [-0.4, -0.2) is 36.6 Å². The van der Waals surface area contributed by atoms with E-state index in [2.05, 4.69) is 72.6 Å². The summed E-state index contributed by atoms with van der Waals surface area (Å²) in [6.45, 7) is 3.06. The molecule has 1 N–H and O–H groups in total. The summed E-state index contributed by atoms with van der Waals surface area (Å²) >= 11 is 0. The fourth-order valence-corrected chi connectivity index (χ4v) is 2.70. The van der Waals surface area contributed by atoms with Gasteiger partial charge in [-0.25, -0.2) is 0 Å². The topological polar surface area (TPSA) is 28.2 Å². The molecule has 1 aromatic carbocycles. The Morgan fingerprint density at radius 3 is 2.45 bits per heavy atom. The van der Waals surface area contributed by atoms with Crippen molar-refractivity contribution in [1.29, 1.82) is 0 Å². The third-order valence-electron chi connectivity index (χ3n) is 3.71. The summed E-state index contributed by atoms with van der Waals surface area (Å²) in [6.07, 6.45) is 5.98. The van der Waals surface area contributed by atoms with E-state index < -0.39 is 0 Å². The molecule has 0 aliphatic carbocycles. The van der Waals surface area contributed by atoms with Crippen molar-refractivity contribution in [3.8, 4) is 0 Å². The van der Waals surface area contributed by atoms with Gasteiger partial charge in [0, 0.05) is 24.8 Å². The van der Waals surface area contributed by atoms with Crippen LogP contribution in [0.25, 0.3) is 6.08 Å². The minimum atomic E-state index is 0.351. The Morgan fingerprint density at radius 1 is 1.09 bits per heavy atom. The van der Waals surface area contributed by atoms with Crippen molar-refractivity contribution in [3.05, 3.63) is 72.1 Å². The normalized spacial score (nSPS) is 14.4. The number of aromatic nitrogens is 1. The third kappa shape index (κ3) is 4.79. The molecule has 22 heavy (non-hydrogen) atoms. The predicted octanol–water partition coefficient (Wildman–Crippen LogP) is 3.38. The molecule has 0 saturated heterocycles. The fourth-order valence-electron chi connectivity index (χ4n) is 2.70. The highest BCUT2D eigenvalue weighted by Gasteiger charge is 2.20. The van der Waals surface area contributed by atoms with Crippen molar-refractivity contribution >= 4 is 6.08 Å². The molecule has 3 heteroatoms. The Labute approximate surface area is 133 Å². The number of rotatable bonds is 7. The average Bonchev–Trinajstić information content (AvgIpc) is 2.53. The van der Waals surface area contributed by atoms with Crippen molar-refractivity contribution in [3.63, 3.8) is 0 Å². The summed E-state index contributed by atoms with van der Waals surface area (Å²) < 4.78 is 0. The molecule has 3 nitrogen and oxygen atoms in total. The van der Waals surface area contributed by atoms with E-state index in [4.69, 9.17) is 0 Å². The summed E-state index contributed by atoms with van der Waals surface area (Å²) in [5.41, 5.74) is 2.32. The Balaban J connectivity index is 1.92. The quantitative estimate of drug-likeness (QED) is 0.849. The van der Waals surface area contributed by atoms with E-state index in [1.54, 1.807) is 0 Å². The first-order chi connectivity index (χ1) is 10.7. The Bertz CT molecular complexity index is 564. The van der Waals surface area contributed by atoms with Crippen LogP contribution in [0.5, 0.6) is 0 Å². The molecule has 0 aliphatic heterocycles. The molecule has 0 spiro atoms. The fraction of sp³-hybridized carbons (Fsp3) is 0.316. The summed E-state index contributed by atoms with van der Waals surface area (Å²) in [7, 11) is 4.25. The molecule has 0 fully saturated rings. The van der Waals surface area contributed by atoms with E-state index in [0.717, 1.165) is 12.2 Å². The van der Waals surface area contributed by atoms with Crippen molar-refractivity contribution in [1.82, 2.24) is 15.2 Å². The summed E-state index contributed by atoms with van der Waals surface area (Å²) in [5.74, 6) is 0. The van der Waals surface area contributed by atoms with Crippen LogP contribution in [0.4, 0.5) is 0 Å². The monoisotopic (exact) mass is 295 g/mol. The number of pyridine rings is 1. The predicted molar refractivity (Wildman–Crippen MR) is 93.6 cm³/mol. The first kappa shape index (κ1) is 16.4. The van der Waals surface area contributed by atoms with Crippen molar-refractivity contribution in [2.75, 3.05) is 20.6 Å². The van der Waals surface area contributed by atoms with Gasteiger partial charge in [0.2, 0.25) is 0 Å². The molecule has 1 aromatic heterocycles. The van der Waals surface area contributed by atoms with Gasteiger partial charge in [0.25, 0.3) is 0 Å². The highest BCUT2D eigenvalue weighted by Crippen LogP contribution is 2.21. The molecule has 2 rings (SSSR count). The van der Waals surface area contributed by atoms with Crippen molar-refractivity contribution < 1.29 is 0 Å². The van der Waals surface area contributed by atoms with E-state index in [0.29, 0.717) is 12.1 Å². The molecular weight excluding hydrogens is 270 g/mol. The van der Waals surface area contributed by atoms with Gasteiger partial charge in [-0.15, -0.1) is 0 Å². The number of nitrogens with zero attached hydrogens (tertiary/aromatic N) is 2. The summed E-state index contributed by atoms with van der Waals surface area (Å²) in [4.78, 5) is 6.54. The van der Waals surface area contributed by atoms with Crippen LogP contribution in [-0.2, 0) is 0 Å². The largest absolute Gasteiger partial charge is 0.309 e. The Kier molecular flexibility index (Phi) is 6.31. The standard InChI is InChI=1S/C19H25N3/c1-16(19(22(2)3)17-10-5-4-6-11-17)20-15-9-13-18-12-7-8-14-21-18/h4-14,16,19-20H,15H2,1-3H3. The minimum absolute atomic E-state index is 0.351. The molecule has 0 saturated carbocycles.